The Bertz CT molecular complexity index is 917. The molecule has 3 rings (SSSR count). The van der Waals surface area contributed by atoms with E-state index in [0.29, 0.717) is 10.6 Å². The molecule has 4 nitrogen and oxygen atoms in total. The van der Waals surface area contributed by atoms with Crippen molar-refractivity contribution in [3.8, 4) is 0 Å². The molecule has 0 saturated carbocycles. The molecule has 0 radical (unpaired) electrons. The van der Waals surface area contributed by atoms with Crippen LogP contribution in [0.15, 0.2) is 58.2 Å². The standard InChI is InChI=1S/C17H13BrClN3O/c1-22-10-11(13-4-2-3-5-16(13)22)9-20-21-17(23)14-8-12(18)6-7-15(14)19/h2-10H,1H3,(H,21,23)/b20-9+. The van der Waals surface area contributed by atoms with E-state index in [1.165, 1.54) is 0 Å². The number of para-hydroxylation sites is 1. The number of fused-ring (bicyclic) bond motifs is 1. The highest BCUT2D eigenvalue weighted by Gasteiger charge is 2.10. The van der Waals surface area contributed by atoms with Gasteiger partial charge in [-0.05, 0) is 24.3 Å². The fourth-order valence-electron chi connectivity index (χ4n) is 2.37. The molecule has 3 aromatic rings. The molecule has 116 valence electrons. The van der Waals surface area contributed by atoms with Gasteiger partial charge in [0.2, 0.25) is 0 Å². The number of carbonyl (C=O) groups is 1. The number of benzene rings is 2. The highest BCUT2D eigenvalue weighted by Crippen LogP contribution is 2.21. The lowest BCUT2D eigenvalue weighted by Gasteiger charge is -2.03. The van der Waals surface area contributed by atoms with E-state index < -0.39 is 0 Å². The number of amides is 1. The van der Waals surface area contributed by atoms with E-state index in [0.717, 1.165) is 20.9 Å². The van der Waals surface area contributed by atoms with Gasteiger partial charge < -0.3 is 4.57 Å². The minimum atomic E-state index is -0.354. The molecule has 0 spiro atoms. The fraction of sp³-hybridized carbons (Fsp3) is 0.0588. The van der Waals surface area contributed by atoms with Crippen molar-refractivity contribution in [2.45, 2.75) is 0 Å². The monoisotopic (exact) mass is 389 g/mol. The van der Waals surface area contributed by atoms with Crippen molar-refractivity contribution in [2.75, 3.05) is 0 Å². The molecule has 23 heavy (non-hydrogen) atoms. The summed E-state index contributed by atoms with van der Waals surface area (Å²) in [5.74, 6) is -0.354. The summed E-state index contributed by atoms with van der Waals surface area (Å²) in [5, 5.41) is 5.50. The van der Waals surface area contributed by atoms with Crippen molar-refractivity contribution in [3.63, 3.8) is 0 Å². The highest BCUT2D eigenvalue weighted by molar-refractivity contribution is 9.10. The lowest BCUT2D eigenvalue weighted by atomic mass is 10.2. The van der Waals surface area contributed by atoms with Crippen LogP contribution in [-0.2, 0) is 7.05 Å². The van der Waals surface area contributed by atoms with Crippen molar-refractivity contribution in [2.24, 2.45) is 12.1 Å². The minimum Gasteiger partial charge on any atom is -0.350 e. The highest BCUT2D eigenvalue weighted by atomic mass is 79.9. The summed E-state index contributed by atoms with van der Waals surface area (Å²) in [6, 6.07) is 13.1. The van der Waals surface area contributed by atoms with Crippen molar-refractivity contribution in [1.29, 1.82) is 0 Å². The van der Waals surface area contributed by atoms with E-state index in [1.807, 2.05) is 42.1 Å². The van der Waals surface area contributed by atoms with E-state index in [2.05, 4.69) is 26.5 Å². The van der Waals surface area contributed by atoms with E-state index in [-0.39, 0.29) is 5.91 Å². The fourth-order valence-corrected chi connectivity index (χ4v) is 2.93. The predicted octanol–water partition coefficient (Wildman–Crippen LogP) is 4.36. The van der Waals surface area contributed by atoms with Gasteiger partial charge in [0.05, 0.1) is 16.8 Å². The van der Waals surface area contributed by atoms with Crippen LogP contribution < -0.4 is 5.43 Å². The van der Waals surface area contributed by atoms with Gasteiger partial charge in [-0.25, -0.2) is 5.43 Å². The van der Waals surface area contributed by atoms with E-state index in [9.17, 15) is 4.79 Å². The van der Waals surface area contributed by atoms with Crippen LogP contribution in [0.4, 0.5) is 0 Å². The zero-order chi connectivity index (χ0) is 16.4. The van der Waals surface area contributed by atoms with E-state index in [1.54, 1.807) is 24.4 Å². The lowest BCUT2D eigenvalue weighted by molar-refractivity contribution is 0.0955. The third-order valence-corrected chi connectivity index (χ3v) is 4.29. The number of nitrogens with zero attached hydrogens (tertiary/aromatic N) is 2. The molecule has 0 bridgehead atoms. The van der Waals surface area contributed by atoms with Crippen molar-refractivity contribution >= 4 is 50.6 Å². The Labute approximate surface area is 146 Å². The topological polar surface area (TPSA) is 46.4 Å². The van der Waals surface area contributed by atoms with Gasteiger partial charge in [-0.3, -0.25) is 4.79 Å². The molecule has 0 aliphatic rings. The molecule has 0 aliphatic carbocycles. The molecule has 6 heteroatoms. The largest absolute Gasteiger partial charge is 0.350 e. The van der Waals surface area contributed by atoms with Crippen LogP contribution in [0.5, 0.6) is 0 Å². The molecule has 1 aromatic heterocycles. The summed E-state index contributed by atoms with van der Waals surface area (Å²) in [5.41, 5.74) is 4.92. The summed E-state index contributed by atoms with van der Waals surface area (Å²) >= 11 is 9.35. The normalized spacial score (nSPS) is 11.3. The number of hydrogen-bond donors (Lipinski definition) is 1. The van der Waals surface area contributed by atoms with E-state index in [4.69, 9.17) is 11.6 Å². The molecule has 0 saturated heterocycles. The van der Waals surface area contributed by atoms with Gasteiger partial charge in [-0.1, -0.05) is 45.7 Å². The molecule has 0 fully saturated rings. The second kappa shape index (κ2) is 6.56. The summed E-state index contributed by atoms with van der Waals surface area (Å²) in [6.07, 6.45) is 3.60. The number of hydrazone groups is 1. The maximum absolute atomic E-state index is 12.1. The Balaban J connectivity index is 1.80. The first-order valence-electron chi connectivity index (χ1n) is 6.89. The Morgan fingerprint density at radius 1 is 1.30 bits per heavy atom. The summed E-state index contributed by atoms with van der Waals surface area (Å²) in [6.45, 7) is 0. The SMILES string of the molecule is Cn1cc(/C=N/NC(=O)c2cc(Br)ccc2Cl)c2ccccc21. The number of nitrogens with one attached hydrogen (secondary N) is 1. The van der Waals surface area contributed by atoms with Crippen LogP contribution in [-0.4, -0.2) is 16.7 Å². The molecule has 2 aromatic carbocycles. The Morgan fingerprint density at radius 3 is 2.91 bits per heavy atom. The third-order valence-electron chi connectivity index (χ3n) is 3.47. The van der Waals surface area contributed by atoms with Crippen LogP contribution in [0.25, 0.3) is 10.9 Å². The average molecular weight is 391 g/mol. The smallest absolute Gasteiger partial charge is 0.272 e. The number of hydrogen-bond acceptors (Lipinski definition) is 2. The van der Waals surface area contributed by atoms with Crippen LogP contribution >= 0.6 is 27.5 Å². The first-order valence-corrected chi connectivity index (χ1v) is 8.06. The summed E-state index contributed by atoms with van der Waals surface area (Å²) in [4.78, 5) is 12.1. The number of aryl methyl sites for hydroxylation is 1. The molecule has 1 heterocycles. The number of rotatable bonds is 3. The number of carbonyl (C=O) groups excluding carboxylic acids is 1. The molecular formula is C17H13BrClN3O. The quantitative estimate of drug-likeness (QED) is 0.524. The average Bonchev–Trinajstić information content (AvgIpc) is 2.86. The van der Waals surface area contributed by atoms with Gasteiger partial charge in [0.25, 0.3) is 5.91 Å². The predicted molar refractivity (Wildman–Crippen MR) is 97.1 cm³/mol. The van der Waals surface area contributed by atoms with Gasteiger partial charge in [0.1, 0.15) is 0 Å². The Hall–Kier alpha value is -2.11. The maximum Gasteiger partial charge on any atom is 0.272 e. The van der Waals surface area contributed by atoms with Crippen molar-refractivity contribution < 1.29 is 4.79 Å². The molecular weight excluding hydrogens is 378 g/mol. The van der Waals surface area contributed by atoms with Gasteiger partial charge in [-0.2, -0.15) is 5.10 Å². The Kier molecular flexibility index (Phi) is 4.50. The van der Waals surface area contributed by atoms with Gasteiger partial charge >= 0.3 is 0 Å². The first kappa shape index (κ1) is 15.8. The van der Waals surface area contributed by atoms with Gasteiger partial charge in [0.15, 0.2) is 0 Å². The van der Waals surface area contributed by atoms with Gasteiger partial charge in [0, 0.05) is 34.2 Å². The van der Waals surface area contributed by atoms with Gasteiger partial charge in [-0.15, -0.1) is 0 Å². The maximum atomic E-state index is 12.1. The first-order chi connectivity index (χ1) is 11.1. The van der Waals surface area contributed by atoms with Crippen LogP contribution in [0.1, 0.15) is 15.9 Å². The minimum absolute atomic E-state index is 0.354. The van der Waals surface area contributed by atoms with Crippen LogP contribution in [0.3, 0.4) is 0 Å². The van der Waals surface area contributed by atoms with Crippen LogP contribution in [0.2, 0.25) is 5.02 Å². The van der Waals surface area contributed by atoms with Crippen molar-refractivity contribution in [1.82, 2.24) is 9.99 Å². The molecule has 0 unspecified atom stereocenters. The number of halogens is 2. The zero-order valence-corrected chi connectivity index (χ0v) is 14.6. The number of aromatic nitrogens is 1. The molecule has 0 atom stereocenters. The zero-order valence-electron chi connectivity index (χ0n) is 12.3. The third kappa shape index (κ3) is 3.30. The lowest BCUT2D eigenvalue weighted by Crippen LogP contribution is -2.18. The second-order valence-electron chi connectivity index (χ2n) is 5.04. The molecule has 1 amide bonds. The second-order valence-corrected chi connectivity index (χ2v) is 6.36. The van der Waals surface area contributed by atoms with E-state index >= 15 is 0 Å². The van der Waals surface area contributed by atoms with Crippen LogP contribution in [0, 0.1) is 0 Å². The Morgan fingerprint density at radius 2 is 2.09 bits per heavy atom. The summed E-state index contributed by atoms with van der Waals surface area (Å²) < 4.78 is 2.80. The van der Waals surface area contributed by atoms with Crippen molar-refractivity contribution in [3.05, 3.63) is 69.3 Å². The molecule has 1 N–H and O–H groups in total. The molecule has 0 aliphatic heterocycles. The summed E-state index contributed by atoms with van der Waals surface area (Å²) in [7, 11) is 1.97.